The van der Waals surface area contributed by atoms with E-state index in [2.05, 4.69) is 5.32 Å². The van der Waals surface area contributed by atoms with Crippen LogP contribution in [0.5, 0.6) is 0 Å². The number of hydrogen-bond acceptors (Lipinski definition) is 3. The monoisotopic (exact) mass is 295 g/mol. The van der Waals surface area contributed by atoms with Crippen LogP contribution in [0.3, 0.4) is 0 Å². The number of rotatable bonds is 6. The fraction of sp³-hybridized carbons (Fsp3) is 0.875. The van der Waals surface area contributed by atoms with E-state index in [0.29, 0.717) is 25.4 Å². The van der Waals surface area contributed by atoms with Gasteiger partial charge in [0.25, 0.3) is 0 Å². The number of nitrogens with one attached hydrogen (secondary N) is 1. The highest BCUT2D eigenvalue weighted by molar-refractivity contribution is 5.82. The number of carbonyl (C=O) groups is 2. The summed E-state index contributed by atoms with van der Waals surface area (Å²) >= 11 is 0. The number of hydrogen-bond donors (Lipinski definition) is 2. The molecule has 2 unspecified atom stereocenters. The Morgan fingerprint density at radius 3 is 2.62 bits per heavy atom. The molecule has 5 nitrogen and oxygen atoms in total. The second kappa shape index (κ2) is 6.77. The largest absolute Gasteiger partial charge is 0.349 e. The highest BCUT2D eigenvalue weighted by Crippen LogP contribution is 2.39. The Bertz CT molecular complexity index is 395. The maximum atomic E-state index is 12.5. The van der Waals surface area contributed by atoms with Gasteiger partial charge in [0.05, 0.1) is 11.5 Å². The number of nitrogens with two attached hydrogens (primary N) is 1. The molecular formula is C16H29N3O2. The summed E-state index contributed by atoms with van der Waals surface area (Å²) < 4.78 is 0. The SMILES string of the molecule is CCCC(=O)N1CCCC(C(=O)NC(C)(CN)C2CC2)C1. The molecule has 3 N–H and O–H groups in total. The fourth-order valence-electron chi connectivity index (χ4n) is 3.21. The lowest BCUT2D eigenvalue weighted by molar-refractivity contribution is -0.136. The summed E-state index contributed by atoms with van der Waals surface area (Å²) in [6.07, 6.45) is 5.53. The van der Waals surface area contributed by atoms with Gasteiger partial charge in [-0.05, 0) is 44.9 Å². The summed E-state index contributed by atoms with van der Waals surface area (Å²) in [4.78, 5) is 26.4. The Labute approximate surface area is 127 Å². The topological polar surface area (TPSA) is 75.4 Å². The van der Waals surface area contributed by atoms with Crippen LogP contribution in [0.15, 0.2) is 0 Å². The first-order chi connectivity index (χ1) is 10.00. The summed E-state index contributed by atoms with van der Waals surface area (Å²) in [5, 5.41) is 3.16. The smallest absolute Gasteiger partial charge is 0.225 e. The molecular weight excluding hydrogens is 266 g/mol. The van der Waals surface area contributed by atoms with Crippen molar-refractivity contribution >= 4 is 11.8 Å². The highest BCUT2D eigenvalue weighted by Gasteiger charge is 2.42. The third kappa shape index (κ3) is 3.96. The van der Waals surface area contributed by atoms with Crippen LogP contribution in [-0.2, 0) is 9.59 Å². The lowest BCUT2D eigenvalue weighted by Crippen LogP contribution is -2.56. The number of amides is 2. The summed E-state index contributed by atoms with van der Waals surface area (Å²) in [5.74, 6) is 0.694. The zero-order chi connectivity index (χ0) is 15.5. The summed E-state index contributed by atoms with van der Waals surface area (Å²) in [7, 11) is 0. The van der Waals surface area contributed by atoms with Gasteiger partial charge in [-0.3, -0.25) is 9.59 Å². The van der Waals surface area contributed by atoms with Crippen LogP contribution in [0.4, 0.5) is 0 Å². The first-order valence-corrected chi connectivity index (χ1v) is 8.30. The van der Waals surface area contributed by atoms with Crippen LogP contribution < -0.4 is 11.1 Å². The fourth-order valence-corrected chi connectivity index (χ4v) is 3.21. The van der Waals surface area contributed by atoms with E-state index in [0.717, 1.165) is 38.6 Å². The van der Waals surface area contributed by atoms with Crippen molar-refractivity contribution in [1.82, 2.24) is 10.2 Å². The zero-order valence-electron chi connectivity index (χ0n) is 13.4. The van der Waals surface area contributed by atoms with Crippen LogP contribution in [0.2, 0.25) is 0 Å². The number of piperidine rings is 1. The Kier molecular flexibility index (Phi) is 5.25. The molecule has 2 rings (SSSR count). The summed E-state index contributed by atoms with van der Waals surface area (Å²) in [6, 6.07) is 0. The predicted molar refractivity (Wildman–Crippen MR) is 82.5 cm³/mol. The van der Waals surface area contributed by atoms with E-state index in [1.165, 1.54) is 0 Å². The van der Waals surface area contributed by atoms with E-state index in [9.17, 15) is 9.59 Å². The van der Waals surface area contributed by atoms with Gasteiger partial charge < -0.3 is 16.0 Å². The molecule has 2 atom stereocenters. The van der Waals surface area contributed by atoms with Crippen LogP contribution >= 0.6 is 0 Å². The van der Waals surface area contributed by atoms with Crippen molar-refractivity contribution in [3.8, 4) is 0 Å². The molecule has 1 aliphatic carbocycles. The van der Waals surface area contributed by atoms with E-state index in [1.807, 2.05) is 18.7 Å². The molecule has 0 aromatic rings. The molecule has 0 bridgehead atoms. The van der Waals surface area contributed by atoms with Crippen molar-refractivity contribution in [2.45, 2.75) is 57.9 Å². The van der Waals surface area contributed by atoms with Gasteiger partial charge in [0.2, 0.25) is 11.8 Å². The van der Waals surface area contributed by atoms with Gasteiger partial charge in [-0.2, -0.15) is 0 Å². The molecule has 0 spiro atoms. The van der Waals surface area contributed by atoms with Crippen molar-refractivity contribution in [2.24, 2.45) is 17.6 Å². The van der Waals surface area contributed by atoms with E-state index in [-0.39, 0.29) is 23.3 Å². The van der Waals surface area contributed by atoms with Gasteiger partial charge >= 0.3 is 0 Å². The predicted octanol–water partition coefficient (Wildman–Crippen LogP) is 1.27. The quantitative estimate of drug-likeness (QED) is 0.775. The van der Waals surface area contributed by atoms with Crippen molar-refractivity contribution in [2.75, 3.05) is 19.6 Å². The minimum atomic E-state index is -0.271. The zero-order valence-corrected chi connectivity index (χ0v) is 13.4. The van der Waals surface area contributed by atoms with E-state index >= 15 is 0 Å². The molecule has 120 valence electrons. The van der Waals surface area contributed by atoms with Crippen molar-refractivity contribution in [3.63, 3.8) is 0 Å². The average Bonchev–Trinajstić information content (AvgIpc) is 3.32. The first kappa shape index (κ1) is 16.3. The molecule has 0 radical (unpaired) electrons. The van der Waals surface area contributed by atoms with Gasteiger partial charge in [0.15, 0.2) is 0 Å². The van der Waals surface area contributed by atoms with Gasteiger partial charge in [-0.15, -0.1) is 0 Å². The minimum absolute atomic E-state index is 0.0730. The van der Waals surface area contributed by atoms with Crippen molar-refractivity contribution in [3.05, 3.63) is 0 Å². The second-order valence-electron chi connectivity index (χ2n) is 6.81. The maximum absolute atomic E-state index is 12.5. The standard InChI is InChI=1S/C16H29N3O2/c1-3-5-14(20)19-9-4-6-12(10-19)15(21)18-16(2,11-17)13-7-8-13/h12-13H,3-11,17H2,1-2H3,(H,18,21). The molecule has 1 heterocycles. The molecule has 0 aromatic heterocycles. The van der Waals surface area contributed by atoms with Crippen LogP contribution in [0, 0.1) is 11.8 Å². The maximum Gasteiger partial charge on any atom is 0.225 e. The highest BCUT2D eigenvalue weighted by atomic mass is 16.2. The Hall–Kier alpha value is -1.10. The molecule has 2 fully saturated rings. The summed E-state index contributed by atoms with van der Waals surface area (Å²) in [6.45, 7) is 5.89. The van der Waals surface area contributed by atoms with Crippen LogP contribution in [0.25, 0.3) is 0 Å². The van der Waals surface area contributed by atoms with E-state index in [4.69, 9.17) is 5.73 Å². The molecule has 21 heavy (non-hydrogen) atoms. The molecule has 1 aliphatic heterocycles. The lowest BCUT2D eigenvalue weighted by atomic mass is 9.92. The molecule has 0 aromatic carbocycles. The second-order valence-corrected chi connectivity index (χ2v) is 6.81. The van der Waals surface area contributed by atoms with Gasteiger partial charge in [-0.1, -0.05) is 6.92 Å². The third-order valence-corrected chi connectivity index (χ3v) is 4.92. The van der Waals surface area contributed by atoms with E-state index < -0.39 is 0 Å². The molecule has 5 heteroatoms. The first-order valence-electron chi connectivity index (χ1n) is 8.30. The van der Waals surface area contributed by atoms with Crippen molar-refractivity contribution in [1.29, 1.82) is 0 Å². The Balaban J connectivity index is 1.91. The molecule has 1 saturated carbocycles. The lowest BCUT2D eigenvalue weighted by Gasteiger charge is -2.36. The van der Waals surface area contributed by atoms with Crippen LogP contribution in [0.1, 0.15) is 52.4 Å². The van der Waals surface area contributed by atoms with Gasteiger partial charge in [0, 0.05) is 26.1 Å². The molecule has 1 saturated heterocycles. The number of carbonyl (C=O) groups excluding carboxylic acids is 2. The van der Waals surface area contributed by atoms with Crippen molar-refractivity contribution < 1.29 is 9.59 Å². The number of nitrogens with zero attached hydrogens (tertiary/aromatic N) is 1. The third-order valence-electron chi connectivity index (χ3n) is 4.92. The minimum Gasteiger partial charge on any atom is -0.349 e. The van der Waals surface area contributed by atoms with Gasteiger partial charge in [0.1, 0.15) is 0 Å². The number of likely N-dealkylation sites (tertiary alicyclic amines) is 1. The van der Waals surface area contributed by atoms with Gasteiger partial charge in [-0.25, -0.2) is 0 Å². The van der Waals surface area contributed by atoms with Crippen LogP contribution in [-0.4, -0.2) is 41.9 Å². The Morgan fingerprint density at radius 2 is 2.05 bits per heavy atom. The average molecular weight is 295 g/mol. The Morgan fingerprint density at radius 1 is 1.33 bits per heavy atom. The summed E-state index contributed by atoms with van der Waals surface area (Å²) in [5.41, 5.74) is 5.59. The molecule has 2 aliphatic rings. The van der Waals surface area contributed by atoms with E-state index in [1.54, 1.807) is 0 Å². The normalized spacial score (nSPS) is 25.3. The molecule has 2 amide bonds.